The van der Waals surface area contributed by atoms with Gasteiger partial charge in [-0.3, -0.25) is 5.10 Å². The lowest BCUT2D eigenvalue weighted by Gasteiger charge is -2.37. The molecule has 1 aromatic carbocycles. The van der Waals surface area contributed by atoms with Gasteiger partial charge in [0.2, 0.25) is 5.88 Å². The number of aromatic nitrogens is 3. The van der Waals surface area contributed by atoms with E-state index in [1.165, 1.54) is 4.52 Å². The number of nitrogens with one attached hydrogen (secondary N) is 2. The van der Waals surface area contributed by atoms with Gasteiger partial charge in [-0.05, 0) is 37.5 Å². The minimum absolute atomic E-state index is 0.00995. The number of ether oxygens (including phenoxy) is 2. The summed E-state index contributed by atoms with van der Waals surface area (Å²) in [6.07, 6.45) is 1.09. The molecule has 38 heavy (non-hydrogen) atoms. The van der Waals surface area contributed by atoms with E-state index >= 15 is 0 Å². The molecule has 10 heteroatoms. The lowest BCUT2D eigenvalue weighted by Crippen LogP contribution is -2.47. The predicted octanol–water partition coefficient (Wildman–Crippen LogP) is 4.82. The summed E-state index contributed by atoms with van der Waals surface area (Å²) in [6.45, 7) is 18.6. The van der Waals surface area contributed by atoms with E-state index < -0.39 is 12.1 Å². The molecular formula is C28H34N6O4. The molecule has 1 amide bonds. The number of carbonyl (C=O) groups excluding carboxylic acids is 2. The first-order valence-corrected chi connectivity index (χ1v) is 13.2. The van der Waals surface area contributed by atoms with Crippen LogP contribution in [0.25, 0.3) is 21.9 Å². The molecule has 2 aliphatic rings. The topological polar surface area (TPSA) is 105 Å². The summed E-state index contributed by atoms with van der Waals surface area (Å²) in [5, 5.41) is 6.33. The highest BCUT2D eigenvalue weighted by molar-refractivity contribution is 6.05. The normalized spacial score (nSPS) is 23.7. The van der Waals surface area contributed by atoms with Crippen LogP contribution in [0.15, 0.2) is 24.3 Å². The number of benzene rings is 1. The number of carbonyl (C=O) groups is 2. The molecule has 1 aliphatic heterocycles. The summed E-state index contributed by atoms with van der Waals surface area (Å²) in [6, 6.07) is 7.76. The van der Waals surface area contributed by atoms with Gasteiger partial charge in [-0.15, -0.1) is 0 Å². The SMILES string of the molecule is [C-]#[N+]c1c(C(=O)OC2C(C)CC(C)CC2C)c2nc(-c3ccc(C)cc3)[nH]n2c1OC(=O)N1CCNCC1. The summed E-state index contributed by atoms with van der Waals surface area (Å²) in [5.74, 6) is 0.750. The molecule has 2 N–H and O–H groups in total. The fourth-order valence-electron chi connectivity index (χ4n) is 5.80. The predicted molar refractivity (Wildman–Crippen MR) is 142 cm³/mol. The van der Waals surface area contributed by atoms with Crippen molar-refractivity contribution < 1.29 is 19.1 Å². The van der Waals surface area contributed by atoms with Crippen LogP contribution in [0.3, 0.4) is 0 Å². The van der Waals surface area contributed by atoms with Gasteiger partial charge in [0.25, 0.3) is 5.69 Å². The third-order valence-electron chi connectivity index (χ3n) is 7.63. The van der Waals surface area contributed by atoms with Gasteiger partial charge in [0.1, 0.15) is 11.7 Å². The first kappa shape index (κ1) is 25.8. The highest BCUT2D eigenvalue weighted by Gasteiger charge is 2.37. The fraction of sp³-hybridized carbons (Fsp3) is 0.500. The molecule has 2 unspecified atom stereocenters. The number of aromatic amines is 1. The lowest BCUT2D eigenvalue weighted by atomic mass is 9.75. The zero-order valence-electron chi connectivity index (χ0n) is 22.3. The summed E-state index contributed by atoms with van der Waals surface area (Å²) >= 11 is 0. The van der Waals surface area contributed by atoms with Crippen LogP contribution in [0.5, 0.6) is 5.88 Å². The molecule has 200 valence electrons. The van der Waals surface area contributed by atoms with Crippen molar-refractivity contribution in [2.75, 3.05) is 26.2 Å². The van der Waals surface area contributed by atoms with E-state index in [-0.39, 0.29) is 40.7 Å². The molecule has 1 saturated carbocycles. The molecule has 0 bridgehead atoms. The average Bonchev–Trinajstić information content (AvgIpc) is 3.44. The maximum Gasteiger partial charge on any atom is 0.415 e. The van der Waals surface area contributed by atoms with Crippen LogP contribution in [-0.2, 0) is 4.74 Å². The van der Waals surface area contributed by atoms with Gasteiger partial charge in [0.15, 0.2) is 11.5 Å². The summed E-state index contributed by atoms with van der Waals surface area (Å²) in [5.41, 5.74) is 2.02. The molecule has 0 radical (unpaired) electrons. The molecular weight excluding hydrogens is 484 g/mol. The molecule has 10 nitrogen and oxygen atoms in total. The van der Waals surface area contributed by atoms with Gasteiger partial charge in [-0.2, -0.15) is 0 Å². The van der Waals surface area contributed by atoms with Crippen molar-refractivity contribution in [3.8, 4) is 17.3 Å². The standard InChI is InChI=1S/C28H34N6O4/c1-16-6-8-20(9-7-16)24-31-25-21(27(35)37-23-18(3)14-17(2)15-19(23)4)22(29-5)26(34(25)32-24)38-28(36)33-12-10-30-11-13-33/h6-9,17-19,23,30H,10-15H2,1-4H3,(H,31,32). The number of amides is 1. The van der Waals surface area contributed by atoms with E-state index in [1.54, 1.807) is 4.90 Å². The number of fused-ring (bicyclic) bond motifs is 1. The molecule has 3 aromatic rings. The Hall–Kier alpha value is -3.84. The van der Waals surface area contributed by atoms with Crippen LogP contribution < -0.4 is 10.1 Å². The van der Waals surface area contributed by atoms with Gasteiger partial charge in [0, 0.05) is 31.7 Å². The van der Waals surface area contributed by atoms with Crippen molar-refractivity contribution in [2.24, 2.45) is 17.8 Å². The van der Waals surface area contributed by atoms with E-state index in [1.807, 2.05) is 31.2 Å². The minimum atomic E-state index is -0.627. The van der Waals surface area contributed by atoms with Gasteiger partial charge in [0.05, 0.1) is 6.57 Å². The molecule has 2 atom stereocenters. The Kier molecular flexibility index (Phi) is 7.13. The number of nitrogens with zero attached hydrogens (tertiary/aromatic N) is 4. The number of hydrogen-bond acceptors (Lipinski definition) is 6. The number of aryl methyl sites for hydroxylation is 1. The molecule has 2 aromatic heterocycles. The Morgan fingerprint density at radius 2 is 1.74 bits per heavy atom. The van der Waals surface area contributed by atoms with E-state index in [0.717, 1.165) is 24.0 Å². The minimum Gasteiger partial charge on any atom is -0.459 e. The van der Waals surface area contributed by atoms with Crippen LogP contribution in [0, 0.1) is 31.2 Å². The Morgan fingerprint density at radius 3 is 2.37 bits per heavy atom. The van der Waals surface area contributed by atoms with Crippen LogP contribution in [-0.4, -0.2) is 63.8 Å². The van der Waals surface area contributed by atoms with Crippen LogP contribution >= 0.6 is 0 Å². The quantitative estimate of drug-likeness (QED) is 0.379. The maximum atomic E-state index is 13.7. The fourth-order valence-corrected chi connectivity index (χ4v) is 5.80. The second-order valence-corrected chi connectivity index (χ2v) is 10.7. The number of rotatable bonds is 4. The van der Waals surface area contributed by atoms with Crippen molar-refractivity contribution >= 4 is 23.4 Å². The van der Waals surface area contributed by atoms with E-state index in [0.29, 0.717) is 37.9 Å². The first-order chi connectivity index (χ1) is 18.3. The summed E-state index contributed by atoms with van der Waals surface area (Å²) < 4.78 is 13.2. The zero-order valence-corrected chi connectivity index (χ0v) is 22.3. The van der Waals surface area contributed by atoms with E-state index in [2.05, 4.69) is 41.0 Å². The summed E-state index contributed by atoms with van der Waals surface area (Å²) in [4.78, 5) is 36.6. The maximum absolute atomic E-state index is 13.7. The largest absolute Gasteiger partial charge is 0.459 e. The van der Waals surface area contributed by atoms with Gasteiger partial charge in [-0.25, -0.2) is 23.9 Å². The van der Waals surface area contributed by atoms with Gasteiger partial charge >= 0.3 is 12.1 Å². The summed E-state index contributed by atoms with van der Waals surface area (Å²) in [7, 11) is 0. The number of hydrogen-bond donors (Lipinski definition) is 2. The highest BCUT2D eigenvalue weighted by atomic mass is 16.6. The van der Waals surface area contributed by atoms with Crippen molar-refractivity contribution in [2.45, 2.75) is 46.6 Å². The monoisotopic (exact) mass is 518 g/mol. The lowest BCUT2D eigenvalue weighted by molar-refractivity contribution is -0.0249. The number of esters is 1. The van der Waals surface area contributed by atoms with Crippen LogP contribution in [0.4, 0.5) is 10.5 Å². The second kappa shape index (κ2) is 10.5. The number of piperazine rings is 1. The molecule has 1 saturated heterocycles. The van der Waals surface area contributed by atoms with Crippen molar-refractivity contribution in [1.29, 1.82) is 0 Å². The van der Waals surface area contributed by atoms with Gasteiger partial charge in [-0.1, -0.05) is 50.6 Å². The molecule has 1 aliphatic carbocycles. The Morgan fingerprint density at radius 1 is 1.08 bits per heavy atom. The van der Waals surface area contributed by atoms with Crippen molar-refractivity contribution in [3.63, 3.8) is 0 Å². The Balaban J connectivity index is 1.56. The van der Waals surface area contributed by atoms with Crippen LogP contribution in [0.2, 0.25) is 0 Å². The third-order valence-corrected chi connectivity index (χ3v) is 7.63. The van der Waals surface area contributed by atoms with Crippen molar-refractivity contribution in [1.82, 2.24) is 24.8 Å². The van der Waals surface area contributed by atoms with E-state index in [4.69, 9.17) is 16.0 Å². The molecule has 5 rings (SSSR count). The van der Waals surface area contributed by atoms with Crippen molar-refractivity contribution in [3.05, 3.63) is 46.8 Å². The van der Waals surface area contributed by atoms with Crippen LogP contribution in [0.1, 0.15) is 49.5 Å². The zero-order chi connectivity index (χ0) is 27.0. The first-order valence-electron chi connectivity index (χ1n) is 13.2. The smallest absolute Gasteiger partial charge is 0.415 e. The molecule has 2 fully saturated rings. The number of H-pyrrole nitrogens is 1. The van der Waals surface area contributed by atoms with E-state index in [9.17, 15) is 9.59 Å². The second-order valence-electron chi connectivity index (χ2n) is 10.7. The average molecular weight is 519 g/mol. The highest BCUT2D eigenvalue weighted by Crippen LogP contribution is 2.41. The van der Waals surface area contributed by atoms with Gasteiger partial charge < -0.3 is 19.7 Å². The Bertz CT molecular complexity index is 1370. The molecule has 0 spiro atoms. The molecule has 3 heterocycles. The third kappa shape index (κ3) is 4.86. The Labute approximate surface area is 222 Å².